The molecule has 1 aromatic rings. The van der Waals surface area contributed by atoms with Gasteiger partial charge in [-0.25, -0.2) is 0 Å². The fourth-order valence-corrected chi connectivity index (χ4v) is 2.04. The molecule has 1 aromatic heterocycles. The van der Waals surface area contributed by atoms with E-state index in [1.807, 2.05) is 13.8 Å². The van der Waals surface area contributed by atoms with Crippen LogP contribution in [0.4, 0.5) is 5.69 Å². The van der Waals surface area contributed by atoms with Crippen LogP contribution in [0.5, 0.6) is 0 Å². The van der Waals surface area contributed by atoms with E-state index in [0.29, 0.717) is 13.0 Å². The van der Waals surface area contributed by atoms with Gasteiger partial charge in [-0.1, -0.05) is 0 Å². The maximum absolute atomic E-state index is 12.0. The van der Waals surface area contributed by atoms with Crippen molar-refractivity contribution in [3.63, 3.8) is 0 Å². The van der Waals surface area contributed by atoms with E-state index in [9.17, 15) is 14.9 Å². The fourth-order valence-electron chi connectivity index (χ4n) is 2.04. The van der Waals surface area contributed by atoms with E-state index in [1.54, 1.807) is 4.90 Å². The number of aromatic nitrogens is 2. The highest BCUT2D eigenvalue weighted by atomic mass is 16.6. The van der Waals surface area contributed by atoms with Crippen molar-refractivity contribution in [3.05, 3.63) is 22.5 Å². The standard InChI is InChI=1S/C10H14N4O3/c1-7(2)12-4-3-9(10(12)15)13-6-8(5-11-13)14(16)17/h5-7,9H,3-4H2,1-2H3. The molecule has 0 aliphatic carbocycles. The number of nitrogens with zero attached hydrogens (tertiary/aromatic N) is 4. The summed E-state index contributed by atoms with van der Waals surface area (Å²) in [6, 6.07) is -0.246. The van der Waals surface area contributed by atoms with Crippen LogP contribution in [0.15, 0.2) is 12.4 Å². The molecule has 17 heavy (non-hydrogen) atoms. The number of hydrogen-bond acceptors (Lipinski definition) is 4. The van der Waals surface area contributed by atoms with E-state index in [1.165, 1.54) is 17.1 Å². The van der Waals surface area contributed by atoms with Gasteiger partial charge in [0.25, 0.3) is 0 Å². The smallest absolute Gasteiger partial charge is 0.307 e. The Labute approximate surface area is 98.2 Å². The van der Waals surface area contributed by atoms with Crippen LogP contribution in [0.2, 0.25) is 0 Å². The van der Waals surface area contributed by atoms with E-state index >= 15 is 0 Å². The van der Waals surface area contributed by atoms with Crippen molar-refractivity contribution < 1.29 is 9.72 Å². The molecule has 92 valence electrons. The zero-order valence-electron chi connectivity index (χ0n) is 9.74. The number of hydrogen-bond donors (Lipinski definition) is 0. The molecule has 7 heteroatoms. The Balaban J connectivity index is 2.18. The van der Waals surface area contributed by atoms with Gasteiger partial charge in [0, 0.05) is 12.6 Å². The Morgan fingerprint density at radius 2 is 2.29 bits per heavy atom. The zero-order valence-corrected chi connectivity index (χ0v) is 9.74. The molecule has 0 bridgehead atoms. The molecule has 0 radical (unpaired) electrons. The molecule has 1 unspecified atom stereocenters. The molecular formula is C10H14N4O3. The predicted octanol–water partition coefficient (Wildman–Crippen LogP) is 0.973. The monoisotopic (exact) mass is 238 g/mol. The van der Waals surface area contributed by atoms with Crippen LogP contribution >= 0.6 is 0 Å². The number of carbonyl (C=O) groups is 1. The van der Waals surface area contributed by atoms with Crippen LogP contribution in [0, 0.1) is 10.1 Å². The lowest BCUT2D eigenvalue weighted by molar-refractivity contribution is -0.385. The van der Waals surface area contributed by atoms with Gasteiger partial charge in [0.15, 0.2) is 0 Å². The summed E-state index contributed by atoms with van der Waals surface area (Å²) in [6.07, 6.45) is 3.13. The van der Waals surface area contributed by atoms with E-state index in [4.69, 9.17) is 0 Å². The van der Waals surface area contributed by atoms with E-state index in [0.717, 1.165) is 0 Å². The third kappa shape index (κ3) is 2.00. The minimum atomic E-state index is -0.511. The minimum absolute atomic E-state index is 0.0157. The Bertz CT molecular complexity index is 454. The van der Waals surface area contributed by atoms with Gasteiger partial charge >= 0.3 is 5.69 Å². The summed E-state index contributed by atoms with van der Waals surface area (Å²) in [5.41, 5.74) is -0.0826. The Morgan fingerprint density at radius 1 is 1.59 bits per heavy atom. The number of carbonyl (C=O) groups excluding carboxylic acids is 1. The number of likely N-dealkylation sites (tertiary alicyclic amines) is 1. The number of amides is 1. The largest absolute Gasteiger partial charge is 0.338 e. The van der Waals surface area contributed by atoms with E-state index in [2.05, 4.69) is 5.10 Å². The lowest BCUT2D eigenvalue weighted by Gasteiger charge is -2.20. The van der Waals surface area contributed by atoms with Gasteiger partial charge in [-0.2, -0.15) is 5.10 Å². The third-order valence-corrected chi connectivity index (χ3v) is 2.95. The first-order chi connectivity index (χ1) is 8.00. The summed E-state index contributed by atoms with van der Waals surface area (Å²) < 4.78 is 1.39. The molecule has 1 aliphatic heterocycles. The molecule has 1 aliphatic rings. The van der Waals surface area contributed by atoms with Crippen LogP contribution in [-0.2, 0) is 4.79 Å². The van der Waals surface area contributed by atoms with Crippen LogP contribution in [0.25, 0.3) is 0 Å². The lowest BCUT2D eigenvalue weighted by atomic mass is 10.2. The second-order valence-electron chi connectivity index (χ2n) is 4.37. The SMILES string of the molecule is CC(C)N1CCC(n2cc([N+](=O)[O-])cn2)C1=O. The summed E-state index contributed by atoms with van der Waals surface area (Å²) in [5, 5.41) is 14.4. The maximum atomic E-state index is 12.0. The van der Waals surface area contributed by atoms with Crippen molar-refractivity contribution in [1.29, 1.82) is 0 Å². The summed E-state index contributed by atoms with van der Waals surface area (Å²) in [6.45, 7) is 4.58. The van der Waals surface area contributed by atoms with E-state index < -0.39 is 11.0 Å². The molecule has 1 saturated heterocycles. The topological polar surface area (TPSA) is 81.3 Å². The van der Waals surface area contributed by atoms with Crippen molar-refractivity contribution in [2.24, 2.45) is 0 Å². The molecule has 1 atom stereocenters. The van der Waals surface area contributed by atoms with Gasteiger partial charge < -0.3 is 4.90 Å². The molecule has 0 N–H and O–H groups in total. The first-order valence-corrected chi connectivity index (χ1v) is 5.49. The predicted molar refractivity (Wildman–Crippen MR) is 59.4 cm³/mol. The molecular weight excluding hydrogens is 224 g/mol. The van der Waals surface area contributed by atoms with Crippen LogP contribution in [0.3, 0.4) is 0 Å². The van der Waals surface area contributed by atoms with Gasteiger partial charge in [0.1, 0.15) is 18.4 Å². The number of nitro groups is 1. The van der Waals surface area contributed by atoms with Crippen molar-refractivity contribution in [1.82, 2.24) is 14.7 Å². The average Bonchev–Trinajstić information content (AvgIpc) is 2.82. The van der Waals surface area contributed by atoms with Crippen LogP contribution < -0.4 is 0 Å². The second kappa shape index (κ2) is 4.15. The van der Waals surface area contributed by atoms with Crippen LogP contribution in [-0.4, -0.2) is 38.1 Å². The van der Waals surface area contributed by atoms with Gasteiger partial charge in [0.2, 0.25) is 5.91 Å². The fraction of sp³-hybridized carbons (Fsp3) is 0.600. The zero-order chi connectivity index (χ0) is 12.6. The van der Waals surface area contributed by atoms with Crippen molar-refractivity contribution in [3.8, 4) is 0 Å². The first-order valence-electron chi connectivity index (χ1n) is 5.49. The summed E-state index contributed by atoms with van der Waals surface area (Å²) in [7, 11) is 0. The van der Waals surface area contributed by atoms with Gasteiger partial charge in [0.05, 0.1) is 4.92 Å². The third-order valence-electron chi connectivity index (χ3n) is 2.95. The summed E-state index contributed by atoms with van der Waals surface area (Å²) in [5.74, 6) is -0.0157. The van der Waals surface area contributed by atoms with Crippen LogP contribution in [0.1, 0.15) is 26.3 Å². The highest BCUT2D eigenvalue weighted by Gasteiger charge is 2.35. The molecule has 7 nitrogen and oxygen atoms in total. The maximum Gasteiger partial charge on any atom is 0.307 e. The quantitative estimate of drug-likeness (QED) is 0.580. The average molecular weight is 238 g/mol. The van der Waals surface area contributed by atoms with Crippen molar-refractivity contribution in [2.75, 3.05) is 6.54 Å². The molecule has 2 rings (SSSR count). The molecule has 0 spiro atoms. The normalized spacial score (nSPS) is 20.3. The molecule has 0 saturated carbocycles. The molecule has 0 aromatic carbocycles. The Morgan fingerprint density at radius 3 is 2.76 bits per heavy atom. The molecule has 1 fully saturated rings. The van der Waals surface area contributed by atoms with Gasteiger partial charge in [-0.05, 0) is 20.3 Å². The number of rotatable bonds is 3. The second-order valence-corrected chi connectivity index (χ2v) is 4.37. The first kappa shape index (κ1) is 11.6. The highest BCUT2D eigenvalue weighted by molar-refractivity contribution is 5.82. The van der Waals surface area contributed by atoms with Crippen molar-refractivity contribution >= 4 is 11.6 Å². The molecule has 2 heterocycles. The minimum Gasteiger partial charge on any atom is -0.338 e. The molecule has 1 amide bonds. The summed E-state index contributed by atoms with van der Waals surface area (Å²) >= 11 is 0. The lowest BCUT2D eigenvalue weighted by Crippen LogP contribution is -2.34. The Kier molecular flexibility index (Phi) is 2.83. The van der Waals surface area contributed by atoms with Crippen molar-refractivity contribution in [2.45, 2.75) is 32.4 Å². The Hall–Kier alpha value is -1.92. The van der Waals surface area contributed by atoms with E-state index in [-0.39, 0.29) is 17.6 Å². The summed E-state index contributed by atoms with van der Waals surface area (Å²) in [4.78, 5) is 23.8. The highest BCUT2D eigenvalue weighted by Crippen LogP contribution is 2.25. The van der Waals surface area contributed by atoms with Gasteiger partial charge in [-0.15, -0.1) is 0 Å². The van der Waals surface area contributed by atoms with Gasteiger partial charge in [-0.3, -0.25) is 19.6 Å².